The summed E-state index contributed by atoms with van der Waals surface area (Å²) in [6.45, 7) is 2.01. The third-order valence-corrected chi connectivity index (χ3v) is 5.15. The fourth-order valence-electron chi connectivity index (χ4n) is 5.24. The Morgan fingerprint density at radius 3 is 2.17 bits per heavy atom. The predicted octanol–water partition coefficient (Wildman–Crippen LogP) is 2.64. The SMILES string of the molecule is CC(CC12CC3CC(CC(C3)C1)C2)=NNC(N)=O. The molecule has 4 rings (SSSR count). The Kier molecular flexibility index (Phi) is 2.83. The van der Waals surface area contributed by atoms with Crippen molar-refractivity contribution in [3.63, 3.8) is 0 Å². The van der Waals surface area contributed by atoms with Crippen LogP contribution in [0.4, 0.5) is 4.79 Å². The number of nitrogens with two attached hydrogens (primary N) is 1. The molecule has 4 fully saturated rings. The molecule has 2 amide bonds. The Morgan fingerprint density at radius 2 is 1.72 bits per heavy atom. The Bertz CT molecular complexity index is 353. The van der Waals surface area contributed by atoms with E-state index >= 15 is 0 Å². The number of carbonyl (C=O) groups excluding carboxylic acids is 1. The van der Waals surface area contributed by atoms with Crippen molar-refractivity contribution in [2.75, 3.05) is 0 Å². The summed E-state index contributed by atoms with van der Waals surface area (Å²) in [5.41, 5.74) is 8.91. The summed E-state index contributed by atoms with van der Waals surface area (Å²) in [5.74, 6) is 2.90. The summed E-state index contributed by atoms with van der Waals surface area (Å²) in [4.78, 5) is 10.7. The highest BCUT2D eigenvalue weighted by atomic mass is 16.2. The minimum absolute atomic E-state index is 0.488. The molecule has 100 valence electrons. The second kappa shape index (κ2) is 4.25. The average Bonchev–Trinajstić information content (AvgIpc) is 2.23. The number of rotatable bonds is 3. The molecule has 0 unspecified atom stereocenters. The summed E-state index contributed by atoms with van der Waals surface area (Å²) in [6.07, 6.45) is 9.57. The van der Waals surface area contributed by atoms with Gasteiger partial charge in [-0.2, -0.15) is 5.10 Å². The second-order valence-electron chi connectivity index (χ2n) is 6.92. The first-order valence-electron chi connectivity index (χ1n) is 7.13. The van der Waals surface area contributed by atoms with Crippen molar-refractivity contribution in [2.45, 2.75) is 51.9 Å². The highest BCUT2D eigenvalue weighted by Gasteiger charge is 2.50. The molecule has 0 aromatic carbocycles. The second-order valence-corrected chi connectivity index (χ2v) is 6.92. The highest BCUT2D eigenvalue weighted by molar-refractivity contribution is 5.84. The van der Waals surface area contributed by atoms with Crippen LogP contribution >= 0.6 is 0 Å². The maximum absolute atomic E-state index is 10.7. The number of hydrazone groups is 1. The lowest BCUT2D eigenvalue weighted by Crippen LogP contribution is -2.46. The Hall–Kier alpha value is -1.06. The number of primary amides is 1. The molecule has 4 bridgehead atoms. The van der Waals surface area contributed by atoms with E-state index in [1.165, 1.54) is 38.5 Å². The van der Waals surface area contributed by atoms with E-state index in [2.05, 4.69) is 10.5 Å². The van der Waals surface area contributed by atoms with Crippen LogP contribution in [0.3, 0.4) is 0 Å². The monoisotopic (exact) mass is 249 g/mol. The van der Waals surface area contributed by atoms with Gasteiger partial charge in [0.15, 0.2) is 0 Å². The molecule has 4 nitrogen and oxygen atoms in total. The van der Waals surface area contributed by atoms with Gasteiger partial charge in [-0.1, -0.05) is 0 Å². The Morgan fingerprint density at radius 1 is 1.22 bits per heavy atom. The van der Waals surface area contributed by atoms with E-state index in [0.29, 0.717) is 5.41 Å². The van der Waals surface area contributed by atoms with E-state index in [4.69, 9.17) is 5.73 Å². The molecule has 4 aliphatic carbocycles. The molecule has 0 aromatic heterocycles. The number of nitrogens with one attached hydrogen (secondary N) is 1. The van der Waals surface area contributed by atoms with Crippen LogP contribution in [0.5, 0.6) is 0 Å². The van der Waals surface area contributed by atoms with E-state index in [9.17, 15) is 4.79 Å². The van der Waals surface area contributed by atoms with Crippen LogP contribution < -0.4 is 11.2 Å². The Balaban J connectivity index is 1.68. The third kappa shape index (κ3) is 2.25. The lowest BCUT2D eigenvalue weighted by molar-refractivity contribution is -0.0482. The number of carbonyl (C=O) groups is 1. The highest BCUT2D eigenvalue weighted by Crippen LogP contribution is 2.61. The van der Waals surface area contributed by atoms with Crippen molar-refractivity contribution in [3.05, 3.63) is 0 Å². The molecule has 0 aliphatic heterocycles. The molecule has 0 saturated heterocycles. The van der Waals surface area contributed by atoms with E-state index in [0.717, 1.165) is 29.9 Å². The summed E-state index contributed by atoms with van der Waals surface area (Å²) in [7, 11) is 0. The van der Waals surface area contributed by atoms with Gasteiger partial charge in [-0.3, -0.25) is 0 Å². The van der Waals surface area contributed by atoms with Crippen molar-refractivity contribution in [1.29, 1.82) is 0 Å². The van der Waals surface area contributed by atoms with Crippen LogP contribution in [-0.4, -0.2) is 11.7 Å². The predicted molar refractivity (Wildman–Crippen MR) is 71.1 cm³/mol. The number of hydrogen-bond donors (Lipinski definition) is 2. The van der Waals surface area contributed by atoms with Crippen LogP contribution in [0.25, 0.3) is 0 Å². The van der Waals surface area contributed by atoms with Crippen molar-refractivity contribution in [1.82, 2.24) is 5.43 Å². The molecule has 0 spiro atoms. The van der Waals surface area contributed by atoms with Gasteiger partial charge in [-0.25, -0.2) is 10.2 Å². The lowest BCUT2D eigenvalue weighted by atomic mass is 9.48. The van der Waals surface area contributed by atoms with Gasteiger partial charge in [0.1, 0.15) is 0 Å². The van der Waals surface area contributed by atoms with Gasteiger partial charge in [0.2, 0.25) is 0 Å². The summed E-state index contributed by atoms with van der Waals surface area (Å²) in [6, 6.07) is -0.570. The molecular formula is C14H23N3O. The average molecular weight is 249 g/mol. The number of amides is 2. The van der Waals surface area contributed by atoms with Gasteiger partial charge in [-0.15, -0.1) is 0 Å². The molecule has 0 heterocycles. The smallest absolute Gasteiger partial charge is 0.332 e. The minimum atomic E-state index is -0.570. The fourth-order valence-corrected chi connectivity index (χ4v) is 5.24. The first-order valence-corrected chi connectivity index (χ1v) is 7.13. The van der Waals surface area contributed by atoms with E-state index in [1.807, 2.05) is 6.92 Å². The molecule has 0 atom stereocenters. The summed E-state index contributed by atoms with van der Waals surface area (Å²) < 4.78 is 0. The largest absolute Gasteiger partial charge is 0.350 e. The van der Waals surface area contributed by atoms with Crippen LogP contribution in [0.1, 0.15) is 51.9 Å². The lowest BCUT2D eigenvalue weighted by Gasteiger charge is -2.57. The molecule has 4 heteroatoms. The maximum Gasteiger partial charge on any atom is 0.332 e. The van der Waals surface area contributed by atoms with Crippen LogP contribution in [0.2, 0.25) is 0 Å². The molecule has 0 aromatic rings. The summed E-state index contributed by atoms with van der Waals surface area (Å²) in [5, 5.41) is 4.09. The van der Waals surface area contributed by atoms with Crippen molar-refractivity contribution < 1.29 is 4.79 Å². The van der Waals surface area contributed by atoms with E-state index in [-0.39, 0.29) is 0 Å². The first-order chi connectivity index (χ1) is 8.55. The molecular weight excluding hydrogens is 226 g/mol. The van der Waals surface area contributed by atoms with Crippen molar-refractivity contribution in [2.24, 2.45) is 34.0 Å². The van der Waals surface area contributed by atoms with Gasteiger partial charge < -0.3 is 5.73 Å². The third-order valence-electron chi connectivity index (χ3n) is 5.15. The molecule has 0 radical (unpaired) electrons. The summed E-state index contributed by atoms with van der Waals surface area (Å²) >= 11 is 0. The van der Waals surface area contributed by atoms with Crippen molar-refractivity contribution in [3.8, 4) is 0 Å². The quantitative estimate of drug-likeness (QED) is 0.586. The first kappa shape index (κ1) is 12.0. The maximum atomic E-state index is 10.7. The van der Waals surface area contributed by atoms with Crippen molar-refractivity contribution >= 4 is 11.7 Å². The zero-order valence-corrected chi connectivity index (χ0v) is 11.1. The topological polar surface area (TPSA) is 67.5 Å². The zero-order valence-electron chi connectivity index (χ0n) is 11.1. The van der Waals surface area contributed by atoms with Gasteiger partial charge in [-0.05, 0) is 75.0 Å². The van der Waals surface area contributed by atoms with Gasteiger partial charge in [0.05, 0.1) is 0 Å². The molecule has 3 N–H and O–H groups in total. The molecule has 4 aliphatic rings. The van der Waals surface area contributed by atoms with E-state index in [1.54, 1.807) is 0 Å². The Labute approximate surface area is 108 Å². The number of hydrogen-bond acceptors (Lipinski definition) is 2. The normalized spacial score (nSPS) is 42.1. The van der Waals surface area contributed by atoms with Crippen LogP contribution in [-0.2, 0) is 0 Å². The van der Waals surface area contributed by atoms with Crippen LogP contribution in [0.15, 0.2) is 5.10 Å². The van der Waals surface area contributed by atoms with Gasteiger partial charge in [0, 0.05) is 5.71 Å². The minimum Gasteiger partial charge on any atom is -0.350 e. The number of urea groups is 1. The molecule has 4 saturated carbocycles. The molecule has 18 heavy (non-hydrogen) atoms. The van der Waals surface area contributed by atoms with Gasteiger partial charge in [0.25, 0.3) is 0 Å². The van der Waals surface area contributed by atoms with Crippen LogP contribution in [0, 0.1) is 23.2 Å². The van der Waals surface area contributed by atoms with Gasteiger partial charge >= 0.3 is 6.03 Å². The standard InChI is InChI=1S/C14H23N3O/c1-9(16-17-13(15)18)5-14-6-10-2-11(7-14)4-12(3-10)8-14/h10-12H,2-8H2,1H3,(H3,15,17,18). The number of nitrogens with zero attached hydrogens (tertiary/aromatic N) is 1. The zero-order chi connectivity index (χ0) is 12.8. The fraction of sp³-hybridized carbons (Fsp3) is 0.857. The van der Waals surface area contributed by atoms with E-state index < -0.39 is 6.03 Å².